The van der Waals surface area contributed by atoms with Gasteiger partial charge in [-0.1, -0.05) is 6.92 Å². The van der Waals surface area contributed by atoms with Gasteiger partial charge < -0.3 is 9.64 Å². The lowest BCUT2D eigenvalue weighted by Crippen LogP contribution is -2.06. The Kier molecular flexibility index (Phi) is 5.25. The number of carbonyl (C=O) groups is 1. The second-order valence-electron chi connectivity index (χ2n) is 2.46. The molecule has 0 rings (SSSR count). The third kappa shape index (κ3) is 5.45. The molecule has 0 saturated carbocycles. The van der Waals surface area contributed by atoms with Crippen LogP contribution in [0.15, 0.2) is 12.0 Å². The topological polar surface area (TPSA) is 29.5 Å². The number of rotatable bonds is 5. The van der Waals surface area contributed by atoms with E-state index in [-0.39, 0.29) is 0 Å². The Morgan fingerprint density at radius 2 is 2.18 bits per heavy atom. The predicted octanol–water partition coefficient (Wildman–Crippen LogP) is 1.01. The summed E-state index contributed by atoms with van der Waals surface area (Å²) in [5, 5.41) is 0. The lowest BCUT2D eigenvalue weighted by atomic mass is 10.5. The van der Waals surface area contributed by atoms with Gasteiger partial charge >= 0.3 is 0 Å². The summed E-state index contributed by atoms with van der Waals surface area (Å²) in [6, 6.07) is 0. The zero-order valence-electron chi connectivity index (χ0n) is 7.33. The van der Waals surface area contributed by atoms with E-state index in [1.807, 2.05) is 21.0 Å². The molecule has 0 atom stereocenters. The van der Waals surface area contributed by atoms with Crippen molar-refractivity contribution in [1.82, 2.24) is 4.90 Å². The zero-order chi connectivity index (χ0) is 8.69. The van der Waals surface area contributed by atoms with Gasteiger partial charge in [-0.2, -0.15) is 0 Å². The van der Waals surface area contributed by atoms with Crippen LogP contribution in [0.3, 0.4) is 0 Å². The van der Waals surface area contributed by atoms with Crippen molar-refractivity contribution in [1.29, 1.82) is 0 Å². The summed E-state index contributed by atoms with van der Waals surface area (Å²) >= 11 is 0. The van der Waals surface area contributed by atoms with Crippen LogP contribution >= 0.6 is 0 Å². The lowest BCUT2D eigenvalue weighted by Gasteiger charge is -2.07. The zero-order valence-corrected chi connectivity index (χ0v) is 7.33. The average molecular weight is 157 g/mol. The Morgan fingerprint density at radius 1 is 1.55 bits per heavy atom. The standard InChI is InChI=1S/C8H15NO2/c1-4-5-11-8(7-10)6-9(2)3/h6-7H,4-5H2,1-3H3/b8-6+. The molecule has 0 aliphatic heterocycles. The van der Waals surface area contributed by atoms with E-state index in [0.29, 0.717) is 12.4 Å². The maximum Gasteiger partial charge on any atom is 0.186 e. The number of allylic oxidation sites excluding steroid dienone is 1. The molecule has 0 unspecified atom stereocenters. The summed E-state index contributed by atoms with van der Waals surface area (Å²) in [6.07, 6.45) is 3.29. The van der Waals surface area contributed by atoms with Crippen LogP contribution in [0.4, 0.5) is 0 Å². The van der Waals surface area contributed by atoms with Crippen LogP contribution < -0.4 is 0 Å². The molecule has 0 spiro atoms. The summed E-state index contributed by atoms with van der Waals surface area (Å²) < 4.78 is 5.10. The SMILES string of the molecule is CCCO/C(C=O)=C/N(C)C. The number of hydrogen-bond acceptors (Lipinski definition) is 3. The number of hydrogen-bond donors (Lipinski definition) is 0. The molecule has 11 heavy (non-hydrogen) atoms. The normalized spacial score (nSPS) is 11.0. The van der Waals surface area contributed by atoms with Gasteiger partial charge in [0.05, 0.1) is 6.61 Å². The maximum atomic E-state index is 10.3. The quantitative estimate of drug-likeness (QED) is 0.339. The number of nitrogens with zero attached hydrogens (tertiary/aromatic N) is 1. The van der Waals surface area contributed by atoms with Gasteiger partial charge in [0, 0.05) is 20.3 Å². The van der Waals surface area contributed by atoms with Gasteiger partial charge in [0.15, 0.2) is 12.0 Å². The molecule has 3 heteroatoms. The van der Waals surface area contributed by atoms with E-state index < -0.39 is 0 Å². The lowest BCUT2D eigenvalue weighted by molar-refractivity contribution is -0.107. The van der Waals surface area contributed by atoms with Gasteiger partial charge in [0.1, 0.15) is 0 Å². The highest BCUT2D eigenvalue weighted by molar-refractivity contribution is 5.69. The highest BCUT2D eigenvalue weighted by Gasteiger charge is 1.94. The van der Waals surface area contributed by atoms with Crippen molar-refractivity contribution in [3.8, 4) is 0 Å². The molecule has 0 bridgehead atoms. The van der Waals surface area contributed by atoms with E-state index in [2.05, 4.69) is 0 Å². The fourth-order valence-electron chi connectivity index (χ4n) is 0.576. The number of carbonyl (C=O) groups excluding carboxylic acids is 1. The van der Waals surface area contributed by atoms with Gasteiger partial charge in [0.25, 0.3) is 0 Å². The first-order chi connectivity index (χ1) is 5.20. The van der Waals surface area contributed by atoms with Gasteiger partial charge in [0.2, 0.25) is 0 Å². The minimum absolute atomic E-state index is 0.386. The Labute approximate surface area is 67.6 Å². The van der Waals surface area contributed by atoms with Crippen LogP contribution in [0.5, 0.6) is 0 Å². The molecule has 0 saturated heterocycles. The van der Waals surface area contributed by atoms with Crippen LogP contribution in [0, 0.1) is 0 Å². The predicted molar refractivity (Wildman–Crippen MR) is 44.1 cm³/mol. The summed E-state index contributed by atoms with van der Waals surface area (Å²) in [5.74, 6) is 0.386. The average Bonchev–Trinajstić information content (AvgIpc) is 1.97. The van der Waals surface area contributed by atoms with E-state index in [0.717, 1.165) is 12.7 Å². The van der Waals surface area contributed by atoms with Crippen molar-refractivity contribution in [3.63, 3.8) is 0 Å². The Bertz CT molecular complexity index is 141. The molecule has 0 aromatic heterocycles. The van der Waals surface area contributed by atoms with Crippen LogP contribution in [-0.4, -0.2) is 31.9 Å². The van der Waals surface area contributed by atoms with Gasteiger partial charge in [-0.25, -0.2) is 0 Å². The summed E-state index contributed by atoms with van der Waals surface area (Å²) in [6.45, 7) is 2.59. The molecule has 64 valence electrons. The van der Waals surface area contributed by atoms with Crippen LogP contribution in [0.25, 0.3) is 0 Å². The Hall–Kier alpha value is -0.990. The third-order valence-electron chi connectivity index (χ3n) is 0.974. The van der Waals surface area contributed by atoms with Crippen molar-refractivity contribution in [2.45, 2.75) is 13.3 Å². The van der Waals surface area contributed by atoms with Crippen molar-refractivity contribution in [2.75, 3.05) is 20.7 Å². The van der Waals surface area contributed by atoms with E-state index in [1.54, 1.807) is 11.1 Å². The first-order valence-corrected chi connectivity index (χ1v) is 3.67. The third-order valence-corrected chi connectivity index (χ3v) is 0.974. The number of aldehydes is 1. The fraction of sp³-hybridized carbons (Fsp3) is 0.625. The minimum atomic E-state index is 0.386. The highest BCUT2D eigenvalue weighted by Crippen LogP contribution is 1.95. The molecule has 3 nitrogen and oxygen atoms in total. The van der Waals surface area contributed by atoms with Gasteiger partial charge in [-0.15, -0.1) is 0 Å². The molecule has 0 radical (unpaired) electrons. The van der Waals surface area contributed by atoms with Crippen molar-refractivity contribution < 1.29 is 9.53 Å². The smallest absolute Gasteiger partial charge is 0.186 e. The second-order valence-corrected chi connectivity index (χ2v) is 2.46. The molecule has 0 amide bonds. The molecule has 0 fully saturated rings. The molecule has 0 aliphatic carbocycles. The van der Waals surface area contributed by atoms with Crippen LogP contribution in [-0.2, 0) is 9.53 Å². The summed E-state index contributed by atoms with van der Waals surface area (Å²) in [4.78, 5) is 12.1. The van der Waals surface area contributed by atoms with E-state index in [9.17, 15) is 4.79 Å². The second kappa shape index (κ2) is 5.77. The van der Waals surface area contributed by atoms with E-state index in [1.165, 1.54) is 0 Å². The van der Waals surface area contributed by atoms with Crippen LogP contribution in [0.2, 0.25) is 0 Å². The van der Waals surface area contributed by atoms with E-state index >= 15 is 0 Å². The Balaban J connectivity index is 3.84. The molecule has 0 aliphatic rings. The van der Waals surface area contributed by atoms with Crippen molar-refractivity contribution in [3.05, 3.63) is 12.0 Å². The summed E-state index contributed by atoms with van der Waals surface area (Å²) in [5.41, 5.74) is 0. The molecule has 0 aromatic rings. The maximum absolute atomic E-state index is 10.3. The van der Waals surface area contributed by atoms with Crippen LogP contribution in [0.1, 0.15) is 13.3 Å². The number of ether oxygens (including phenoxy) is 1. The van der Waals surface area contributed by atoms with Crippen molar-refractivity contribution in [2.24, 2.45) is 0 Å². The van der Waals surface area contributed by atoms with Gasteiger partial charge in [-0.3, -0.25) is 4.79 Å². The highest BCUT2D eigenvalue weighted by atomic mass is 16.5. The molecular formula is C8H15NO2. The monoisotopic (exact) mass is 157 g/mol. The Morgan fingerprint density at radius 3 is 2.55 bits per heavy atom. The fourth-order valence-corrected chi connectivity index (χ4v) is 0.576. The molecule has 0 N–H and O–H groups in total. The minimum Gasteiger partial charge on any atom is -0.489 e. The first-order valence-electron chi connectivity index (χ1n) is 3.67. The summed E-state index contributed by atoms with van der Waals surface area (Å²) in [7, 11) is 3.69. The van der Waals surface area contributed by atoms with Gasteiger partial charge in [-0.05, 0) is 6.42 Å². The molecule has 0 heterocycles. The van der Waals surface area contributed by atoms with E-state index in [4.69, 9.17) is 4.74 Å². The first kappa shape index (κ1) is 10.0. The molecule has 0 aromatic carbocycles. The largest absolute Gasteiger partial charge is 0.489 e. The van der Waals surface area contributed by atoms with Crippen molar-refractivity contribution >= 4 is 6.29 Å². The molecular weight excluding hydrogens is 142 g/mol.